The maximum absolute atomic E-state index is 13.9. The first-order valence-corrected chi connectivity index (χ1v) is 11.6. The molecule has 0 aliphatic rings. The molecule has 0 saturated heterocycles. The van der Waals surface area contributed by atoms with Crippen LogP contribution >= 0.6 is 11.6 Å². The molecular weight excluding hydrogens is 505 g/mol. The summed E-state index contributed by atoms with van der Waals surface area (Å²) in [6.07, 6.45) is -4.73. The molecule has 0 fully saturated rings. The molecule has 2 aromatic carbocycles. The van der Waals surface area contributed by atoms with E-state index < -0.39 is 17.8 Å². The van der Waals surface area contributed by atoms with Gasteiger partial charge in [0.25, 0.3) is 5.91 Å². The number of anilines is 1. The van der Waals surface area contributed by atoms with Crippen molar-refractivity contribution in [2.75, 3.05) is 5.32 Å². The number of carbonyl (C=O) groups excluding carboxylic acids is 1. The number of nitrogens with zero attached hydrogens (tertiary/aromatic N) is 5. The van der Waals surface area contributed by atoms with E-state index in [-0.39, 0.29) is 17.0 Å². The van der Waals surface area contributed by atoms with Gasteiger partial charge in [0.1, 0.15) is 0 Å². The molecule has 0 saturated carbocycles. The maximum Gasteiger partial charge on any atom is 0.433 e. The van der Waals surface area contributed by atoms with Crippen molar-refractivity contribution in [2.45, 2.75) is 26.6 Å². The van der Waals surface area contributed by atoms with E-state index in [0.29, 0.717) is 38.7 Å². The lowest BCUT2D eigenvalue weighted by Crippen LogP contribution is -2.16. The Balaban J connectivity index is 1.49. The second-order valence-electron chi connectivity index (χ2n) is 8.47. The number of hydrogen-bond donors (Lipinski definition) is 1. The van der Waals surface area contributed by atoms with Gasteiger partial charge in [-0.15, -0.1) is 0 Å². The van der Waals surface area contributed by atoms with Crippen LogP contribution in [0.15, 0.2) is 66.7 Å². The van der Waals surface area contributed by atoms with Gasteiger partial charge in [0.2, 0.25) is 0 Å². The van der Waals surface area contributed by atoms with E-state index >= 15 is 0 Å². The minimum absolute atomic E-state index is 0.0808. The van der Waals surface area contributed by atoms with Crippen LogP contribution in [0.3, 0.4) is 0 Å². The molecule has 0 atom stereocenters. The molecule has 0 aliphatic heterocycles. The molecule has 3 heterocycles. The van der Waals surface area contributed by atoms with Crippen molar-refractivity contribution in [2.24, 2.45) is 0 Å². The molecule has 0 spiro atoms. The summed E-state index contributed by atoms with van der Waals surface area (Å²) in [5, 5.41) is 11.6. The minimum atomic E-state index is -4.73. The van der Waals surface area contributed by atoms with E-state index in [4.69, 9.17) is 11.6 Å². The molecule has 0 aliphatic carbocycles. The van der Waals surface area contributed by atoms with Gasteiger partial charge >= 0.3 is 6.18 Å². The third kappa shape index (κ3) is 4.92. The number of fused-ring (bicyclic) bond motifs is 1. The summed E-state index contributed by atoms with van der Waals surface area (Å²) in [7, 11) is 0. The normalized spacial score (nSPS) is 11.7. The average molecular weight is 525 g/mol. The molecule has 5 aromatic rings. The van der Waals surface area contributed by atoms with Crippen LogP contribution in [0.1, 0.15) is 33.1 Å². The van der Waals surface area contributed by atoms with Crippen molar-refractivity contribution in [1.82, 2.24) is 24.4 Å². The highest BCUT2D eigenvalue weighted by Crippen LogP contribution is 2.33. The smallest absolute Gasteiger partial charge is 0.317 e. The van der Waals surface area contributed by atoms with Gasteiger partial charge in [0.15, 0.2) is 17.0 Å². The molecule has 0 radical (unpaired) electrons. The highest BCUT2D eigenvalue weighted by molar-refractivity contribution is 6.30. The molecule has 0 bridgehead atoms. The zero-order valence-corrected chi connectivity index (χ0v) is 20.5. The van der Waals surface area contributed by atoms with E-state index in [1.165, 1.54) is 6.07 Å². The number of alkyl halides is 3. The minimum Gasteiger partial charge on any atom is -0.317 e. The summed E-state index contributed by atoms with van der Waals surface area (Å²) >= 11 is 5.90. The van der Waals surface area contributed by atoms with Crippen LogP contribution in [0.2, 0.25) is 5.02 Å². The average Bonchev–Trinajstić information content (AvgIpc) is 3.40. The lowest BCUT2D eigenvalue weighted by Gasteiger charge is -2.11. The first kappa shape index (κ1) is 24.5. The summed E-state index contributed by atoms with van der Waals surface area (Å²) in [5.74, 6) is -0.669. The molecule has 37 heavy (non-hydrogen) atoms. The fourth-order valence-electron chi connectivity index (χ4n) is 4.02. The van der Waals surface area contributed by atoms with Gasteiger partial charge in [-0.2, -0.15) is 23.4 Å². The largest absolute Gasteiger partial charge is 0.433 e. The Morgan fingerprint density at radius 2 is 1.70 bits per heavy atom. The van der Waals surface area contributed by atoms with Crippen molar-refractivity contribution in [3.8, 4) is 11.3 Å². The van der Waals surface area contributed by atoms with E-state index in [0.717, 1.165) is 11.6 Å². The molecule has 1 N–H and O–H groups in total. The molecule has 3 aromatic heterocycles. The topological polar surface area (TPSA) is 77.1 Å². The monoisotopic (exact) mass is 524 g/mol. The van der Waals surface area contributed by atoms with Crippen molar-refractivity contribution >= 4 is 28.8 Å². The van der Waals surface area contributed by atoms with Crippen LogP contribution in [0.5, 0.6) is 0 Å². The second kappa shape index (κ2) is 9.36. The first-order chi connectivity index (χ1) is 17.6. The predicted octanol–water partition coefficient (Wildman–Crippen LogP) is 6.18. The second-order valence-corrected chi connectivity index (χ2v) is 8.91. The van der Waals surface area contributed by atoms with Gasteiger partial charge < -0.3 is 5.32 Å². The third-order valence-corrected chi connectivity index (χ3v) is 6.14. The number of hydrogen-bond acceptors (Lipinski definition) is 4. The number of nitrogens with one attached hydrogen (secondary N) is 1. The number of aromatic nitrogens is 5. The Morgan fingerprint density at radius 1 is 1.00 bits per heavy atom. The molecule has 0 unspecified atom stereocenters. The standard InChI is InChI=1S/C26H20ClF3N6O/c1-15-24(16(2)35(33-15)14-17-6-4-3-5-7-17)32-25(37)21-13-23-31-20(18-8-10-19(27)11-9-18)12-22(26(28,29)30)36(23)34-21/h3-13H,14H2,1-2H3,(H,32,37). The van der Waals surface area contributed by atoms with Gasteiger partial charge in [-0.25, -0.2) is 9.50 Å². The van der Waals surface area contributed by atoms with Gasteiger partial charge in [0.05, 0.1) is 29.3 Å². The lowest BCUT2D eigenvalue weighted by molar-refractivity contribution is -0.142. The van der Waals surface area contributed by atoms with Crippen LogP contribution in [0.4, 0.5) is 18.9 Å². The van der Waals surface area contributed by atoms with Crippen molar-refractivity contribution in [3.05, 3.63) is 100 Å². The van der Waals surface area contributed by atoms with Gasteiger partial charge in [-0.3, -0.25) is 9.48 Å². The van der Waals surface area contributed by atoms with Crippen LogP contribution in [0, 0.1) is 13.8 Å². The van der Waals surface area contributed by atoms with E-state index in [1.54, 1.807) is 35.9 Å². The molecule has 5 rings (SSSR count). The predicted molar refractivity (Wildman–Crippen MR) is 134 cm³/mol. The number of amides is 1. The molecule has 11 heteroatoms. The number of carbonyl (C=O) groups is 1. The number of aryl methyl sites for hydroxylation is 1. The van der Waals surface area contributed by atoms with Crippen LogP contribution in [-0.2, 0) is 12.7 Å². The Bertz CT molecular complexity index is 1610. The number of benzene rings is 2. The zero-order valence-electron chi connectivity index (χ0n) is 19.7. The van der Waals surface area contributed by atoms with Crippen LogP contribution < -0.4 is 5.32 Å². The van der Waals surface area contributed by atoms with E-state index in [9.17, 15) is 18.0 Å². The Kier molecular flexibility index (Phi) is 6.20. The Hall–Kier alpha value is -4.18. The molecule has 7 nitrogen and oxygen atoms in total. The Morgan fingerprint density at radius 3 is 2.38 bits per heavy atom. The summed E-state index contributed by atoms with van der Waals surface area (Å²) in [5.41, 5.74) is 1.95. The summed E-state index contributed by atoms with van der Waals surface area (Å²) in [6, 6.07) is 18.1. The molecule has 1 amide bonds. The van der Waals surface area contributed by atoms with Crippen LogP contribution in [-0.4, -0.2) is 30.3 Å². The maximum atomic E-state index is 13.9. The zero-order chi connectivity index (χ0) is 26.3. The quantitative estimate of drug-likeness (QED) is 0.298. The van der Waals surface area contributed by atoms with Gasteiger partial charge in [0, 0.05) is 16.7 Å². The molecular formula is C26H20ClF3N6O. The fourth-order valence-corrected chi connectivity index (χ4v) is 4.15. The highest BCUT2D eigenvalue weighted by atomic mass is 35.5. The number of halogens is 4. The third-order valence-electron chi connectivity index (χ3n) is 5.89. The first-order valence-electron chi connectivity index (χ1n) is 11.2. The summed E-state index contributed by atoms with van der Waals surface area (Å²) < 4.78 is 44.1. The summed E-state index contributed by atoms with van der Waals surface area (Å²) in [4.78, 5) is 17.4. The SMILES string of the molecule is Cc1nn(Cc2ccccc2)c(C)c1NC(=O)c1cc2nc(-c3ccc(Cl)cc3)cc(C(F)(F)F)n2n1. The van der Waals surface area contributed by atoms with E-state index in [1.807, 2.05) is 37.3 Å². The van der Waals surface area contributed by atoms with Crippen LogP contribution in [0.25, 0.3) is 16.9 Å². The van der Waals surface area contributed by atoms with Crippen molar-refractivity contribution < 1.29 is 18.0 Å². The Labute approximate surface area is 214 Å². The lowest BCUT2D eigenvalue weighted by atomic mass is 10.1. The van der Waals surface area contributed by atoms with E-state index in [2.05, 4.69) is 20.5 Å². The number of rotatable bonds is 5. The molecule has 188 valence electrons. The van der Waals surface area contributed by atoms with Gasteiger partial charge in [-0.05, 0) is 37.6 Å². The fraction of sp³-hybridized carbons (Fsp3) is 0.154. The summed E-state index contributed by atoms with van der Waals surface area (Å²) in [6.45, 7) is 4.06. The van der Waals surface area contributed by atoms with Gasteiger partial charge in [-0.1, -0.05) is 54.1 Å². The highest BCUT2D eigenvalue weighted by Gasteiger charge is 2.35. The van der Waals surface area contributed by atoms with Crippen molar-refractivity contribution in [3.63, 3.8) is 0 Å². The van der Waals surface area contributed by atoms with Crippen molar-refractivity contribution in [1.29, 1.82) is 0 Å².